The topological polar surface area (TPSA) is 53.7 Å². The van der Waals surface area contributed by atoms with Gasteiger partial charge in [0, 0.05) is 7.05 Å². The number of rotatable bonds is 4. The van der Waals surface area contributed by atoms with Gasteiger partial charge in [0.1, 0.15) is 10.6 Å². The summed E-state index contributed by atoms with van der Waals surface area (Å²) in [5, 5.41) is 9.72. The Morgan fingerprint density at radius 2 is 2.31 bits per heavy atom. The second-order valence-electron chi connectivity index (χ2n) is 3.38. The molecule has 2 aromatic rings. The average molecular weight is 237 g/mol. The molecule has 2 rings (SSSR count). The second-order valence-corrected chi connectivity index (χ2v) is 4.44. The molecule has 0 unspecified atom stereocenters. The molecule has 2 aromatic heterocycles. The summed E-state index contributed by atoms with van der Waals surface area (Å²) in [6, 6.07) is 7.14. The highest BCUT2D eigenvalue weighted by atomic mass is 32.1. The Labute approximate surface area is 96.7 Å². The van der Waals surface area contributed by atoms with Crippen molar-refractivity contribution in [2.45, 2.75) is 6.54 Å². The summed E-state index contributed by atoms with van der Waals surface area (Å²) in [5.41, 5.74) is 0. The van der Waals surface area contributed by atoms with E-state index in [0.717, 1.165) is 10.8 Å². The van der Waals surface area contributed by atoms with Crippen LogP contribution in [0.5, 0.6) is 0 Å². The number of hydrogen-bond donors (Lipinski definition) is 1. The van der Waals surface area contributed by atoms with E-state index in [2.05, 4.69) is 0 Å². The number of aromatic carboxylic acids is 1. The highest BCUT2D eigenvalue weighted by molar-refractivity contribution is 7.17. The molecule has 1 N–H and O–H groups in total. The molecule has 0 aliphatic rings. The van der Waals surface area contributed by atoms with Crippen LogP contribution in [-0.2, 0) is 6.54 Å². The number of nitrogens with zero attached hydrogens (tertiary/aromatic N) is 1. The van der Waals surface area contributed by atoms with Crippen LogP contribution >= 0.6 is 11.3 Å². The lowest BCUT2D eigenvalue weighted by Gasteiger charge is -2.14. The molecule has 16 heavy (non-hydrogen) atoms. The molecule has 0 atom stereocenters. The third-order valence-electron chi connectivity index (χ3n) is 2.15. The molecule has 0 aliphatic carbocycles. The molecular weight excluding hydrogens is 226 g/mol. The van der Waals surface area contributed by atoms with Crippen molar-refractivity contribution in [3.63, 3.8) is 0 Å². The van der Waals surface area contributed by atoms with Crippen LogP contribution in [0.2, 0.25) is 0 Å². The highest BCUT2D eigenvalue weighted by Gasteiger charge is 2.10. The van der Waals surface area contributed by atoms with Crippen molar-refractivity contribution >= 4 is 22.3 Å². The van der Waals surface area contributed by atoms with Crippen LogP contribution < -0.4 is 4.90 Å². The number of carboxylic acids is 1. The van der Waals surface area contributed by atoms with E-state index in [0.29, 0.717) is 11.4 Å². The van der Waals surface area contributed by atoms with Crippen molar-refractivity contribution in [2.75, 3.05) is 11.9 Å². The van der Waals surface area contributed by atoms with E-state index in [9.17, 15) is 4.79 Å². The van der Waals surface area contributed by atoms with Gasteiger partial charge in [-0.25, -0.2) is 4.79 Å². The van der Waals surface area contributed by atoms with E-state index in [1.165, 1.54) is 11.3 Å². The van der Waals surface area contributed by atoms with Crippen LogP contribution in [0.4, 0.5) is 5.00 Å². The van der Waals surface area contributed by atoms with Gasteiger partial charge in [-0.1, -0.05) is 0 Å². The van der Waals surface area contributed by atoms with Gasteiger partial charge < -0.3 is 14.4 Å². The van der Waals surface area contributed by atoms with Gasteiger partial charge in [0.25, 0.3) is 0 Å². The maximum Gasteiger partial charge on any atom is 0.345 e. The monoisotopic (exact) mass is 237 g/mol. The normalized spacial score (nSPS) is 10.3. The molecule has 84 valence electrons. The second kappa shape index (κ2) is 4.40. The van der Waals surface area contributed by atoms with E-state index in [-0.39, 0.29) is 0 Å². The molecule has 0 bridgehead atoms. The van der Waals surface area contributed by atoms with Crippen molar-refractivity contribution in [3.8, 4) is 0 Å². The largest absolute Gasteiger partial charge is 0.477 e. The molecule has 0 radical (unpaired) electrons. The van der Waals surface area contributed by atoms with E-state index < -0.39 is 5.97 Å². The molecule has 0 spiro atoms. The predicted molar refractivity (Wildman–Crippen MR) is 62.1 cm³/mol. The Bertz CT molecular complexity index is 475. The van der Waals surface area contributed by atoms with Gasteiger partial charge in [-0.15, -0.1) is 11.3 Å². The highest BCUT2D eigenvalue weighted by Crippen LogP contribution is 2.26. The molecule has 5 heteroatoms. The summed E-state index contributed by atoms with van der Waals surface area (Å²) in [7, 11) is 1.90. The van der Waals surface area contributed by atoms with E-state index in [4.69, 9.17) is 9.52 Å². The fourth-order valence-corrected chi connectivity index (χ4v) is 2.17. The van der Waals surface area contributed by atoms with Gasteiger partial charge in [-0.3, -0.25) is 0 Å². The zero-order valence-electron chi connectivity index (χ0n) is 8.71. The zero-order valence-corrected chi connectivity index (χ0v) is 9.53. The molecule has 0 saturated heterocycles. The van der Waals surface area contributed by atoms with Crippen molar-refractivity contribution in [1.82, 2.24) is 0 Å². The Morgan fingerprint density at radius 3 is 2.88 bits per heavy atom. The van der Waals surface area contributed by atoms with Crippen molar-refractivity contribution in [3.05, 3.63) is 41.2 Å². The van der Waals surface area contributed by atoms with Crippen molar-refractivity contribution in [2.24, 2.45) is 0 Å². The Kier molecular flexibility index (Phi) is 2.96. The number of anilines is 1. The van der Waals surface area contributed by atoms with Crippen LogP contribution in [0, 0.1) is 0 Å². The third kappa shape index (κ3) is 2.25. The first kappa shape index (κ1) is 10.8. The maximum absolute atomic E-state index is 10.7. The van der Waals surface area contributed by atoms with Crippen LogP contribution in [0.1, 0.15) is 15.4 Å². The first-order chi connectivity index (χ1) is 7.66. The van der Waals surface area contributed by atoms with Gasteiger partial charge in [0.2, 0.25) is 0 Å². The minimum Gasteiger partial charge on any atom is -0.477 e. The summed E-state index contributed by atoms with van der Waals surface area (Å²) < 4.78 is 5.23. The minimum atomic E-state index is -0.886. The Hall–Kier alpha value is -1.75. The number of carboxylic acid groups (broad SMARTS) is 1. The fraction of sp³-hybridized carbons (Fsp3) is 0.182. The summed E-state index contributed by atoms with van der Waals surface area (Å²) >= 11 is 1.26. The number of thiophene rings is 1. The predicted octanol–water partition coefficient (Wildman–Crippen LogP) is 2.68. The Balaban J connectivity index is 2.08. The summed E-state index contributed by atoms with van der Waals surface area (Å²) in [5.74, 6) is -0.0320. The maximum atomic E-state index is 10.7. The van der Waals surface area contributed by atoms with Crippen LogP contribution in [0.15, 0.2) is 34.9 Å². The smallest absolute Gasteiger partial charge is 0.345 e. The Morgan fingerprint density at radius 1 is 1.50 bits per heavy atom. The van der Waals surface area contributed by atoms with Crippen molar-refractivity contribution in [1.29, 1.82) is 0 Å². The molecule has 4 nitrogen and oxygen atoms in total. The lowest BCUT2D eigenvalue weighted by Crippen LogP contribution is -2.14. The standard InChI is InChI=1S/C11H11NO3S/c1-12(7-8-3-2-6-15-8)10-5-4-9(16-10)11(13)14/h2-6H,7H2,1H3,(H,13,14). The zero-order chi connectivity index (χ0) is 11.5. The molecular formula is C11H11NO3S. The van der Waals surface area contributed by atoms with E-state index in [1.807, 2.05) is 24.1 Å². The minimum absolute atomic E-state index is 0.348. The SMILES string of the molecule is CN(Cc1ccco1)c1ccc(C(=O)O)s1. The first-order valence-corrected chi connectivity index (χ1v) is 5.55. The third-order valence-corrected chi connectivity index (χ3v) is 3.34. The molecule has 0 amide bonds. The molecule has 0 aliphatic heterocycles. The van der Waals surface area contributed by atoms with Crippen LogP contribution in [0.25, 0.3) is 0 Å². The quantitative estimate of drug-likeness (QED) is 0.888. The molecule has 0 fully saturated rings. The molecule has 2 heterocycles. The summed E-state index contributed by atoms with van der Waals surface area (Å²) in [4.78, 5) is 13.0. The summed E-state index contributed by atoms with van der Waals surface area (Å²) in [6.07, 6.45) is 1.63. The number of furan rings is 1. The van der Waals surface area contributed by atoms with E-state index >= 15 is 0 Å². The van der Waals surface area contributed by atoms with Gasteiger partial charge >= 0.3 is 5.97 Å². The van der Waals surface area contributed by atoms with Gasteiger partial charge in [-0.05, 0) is 24.3 Å². The van der Waals surface area contributed by atoms with Crippen molar-refractivity contribution < 1.29 is 14.3 Å². The van der Waals surface area contributed by atoms with E-state index in [1.54, 1.807) is 18.4 Å². The molecule has 0 saturated carbocycles. The first-order valence-electron chi connectivity index (χ1n) is 4.73. The average Bonchev–Trinajstić information content (AvgIpc) is 2.86. The van der Waals surface area contributed by atoms with Gasteiger partial charge in [0.15, 0.2) is 0 Å². The fourth-order valence-electron chi connectivity index (χ4n) is 1.36. The summed E-state index contributed by atoms with van der Waals surface area (Å²) in [6.45, 7) is 0.632. The molecule has 0 aromatic carbocycles. The van der Waals surface area contributed by atoms with Gasteiger partial charge in [0.05, 0.1) is 17.8 Å². The van der Waals surface area contributed by atoms with Gasteiger partial charge in [-0.2, -0.15) is 0 Å². The van der Waals surface area contributed by atoms with Crippen LogP contribution in [-0.4, -0.2) is 18.1 Å². The lowest BCUT2D eigenvalue weighted by molar-refractivity contribution is 0.0702. The lowest BCUT2D eigenvalue weighted by atomic mass is 10.4. The number of carbonyl (C=O) groups is 1. The van der Waals surface area contributed by atoms with Crippen LogP contribution in [0.3, 0.4) is 0 Å². The number of hydrogen-bond acceptors (Lipinski definition) is 4.